The second-order valence-corrected chi connectivity index (χ2v) is 6.14. The lowest BCUT2D eigenvalue weighted by molar-refractivity contribution is 0.0600. The third-order valence-corrected chi connectivity index (χ3v) is 4.43. The van der Waals surface area contributed by atoms with Crippen LogP contribution in [-0.2, 0) is 4.74 Å². The molecule has 28 heavy (non-hydrogen) atoms. The van der Waals surface area contributed by atoms with Crippen molar-refractivity contribution in [2.45, 2.75) is 0 Å². The molecule has 0 aliphatic rings. The summed E-state index contributed by atoms with van der Waals surface area (Å²) in [5, 5.41) is 9.35. The minimum absolute atomic E-state index is 0.386. The third-order valence-electron chi connectivity index (χ3n) is 4.43. The Morgan fingerprint density at radius 1 is 0.893 bits per heavy atom. The minimum Gasteiger partial charge on any atom is -0.497 e. The standard InChI is InChI=1S/C22H18N2O4/c1-26-19-10-7-15-11-17(4-3-16(15)12-19)21-20(13-23-24-21)28-18-8-5-14(6-9-18)22(25)27-2/h3-13H,1-2H3,(H,23,24). The van der Waals surface area contributed by atoms with Crippen LogP contribution in [0.1, 0.15) is 10.4 Å². The number of hydrogen-bond acceptors (Lipinski definition) is 5. The summed E-state index contributed by atoms with van der Waals surface area (Å²) in [6, 6.07) is 18.7. The normalized spacial score (nSPS) is 10.6. The molecule has 0 unspecified atom stereocenters. The van der Waals surface area contributed by atoms with Crippen molar-refractivity contribution in [3.8, 4) is 28.5 Å². The summed E-state index contributed by atoms with van der Waals surface area (Å²) in [7, 11) is 3.00. The van der Waals surface area contributed by atoms with E-state index in [0.717, 1.165) is 22.1 Å². The van der Waals surface area contributed by atoms with E-state index in [-0.39, 0.29) is 5.97 Å². The highest BCUT2D eigenvalue weighted by Gasteiger charge is 2.12. The fraction of sp³-hybridized carbons (Fsp3) is 0.0909. The van der Waals surface area contributed by atoms with Gasteiger partial charge in [0, 0.05) is 5.56 Å². The highest BCUT2D eigenvalue weighted by molar-refractivity contribution is 5.90. The first-order chi connectivity index (χ1) is 13.7. The van der Waals surface area contributed by atoms with Crippen LogP contribution < -0.4 is 9.47 Å². The lowest BCUT2D eigenvalue weighted by Gasteiger charge is -2.08. The van der Waals surface area contributed by atoms with Gasteiger partial charge in [-0.3, -0.25) is 5.10 Å². The minimum atomic E-state index is -0.386. The summed E-state index contributed by atoms with van der Waals surface area (Å²) in [5.74, 6) is 1.63. The molecule has 0 fully saturated rings. The van der Waals surface area contributed by atoms with E-state index in [9.17, 15) is 4.79 Å². The molecule has 140 valence electrons. The summed E-state index contributed by atoms with van der Waals surface area (Å²) in [5.41, 5.74) is 2.10. The predicted octanol–water partition coefficient (Wildman–Crippen LogP) is 4.82. The number of aromatic amines is 1. The number of nitrogens with one attached hydrogen (secondary N) is 1. The maximum Gasteiger partial charge on any atom is 0.337 e. The van der Waals surface area contributed by atoms with E-state index in [1.54, 1.807) is 37.6 Å². The number of carbonyl (C=O) groups excluding carboxylic acids is 1. The van der Waals surface area contributed by atoms with Crippen molar-refractivity contribution in [1.29, 1.82) is 0 Å². The van der Waals surface area contributed by atoms with Crippen LogP contribution in [0.25, 0.3) is 22.0 Å². The van der Waals surface area contributed by atoms with Gasteiger partial charge in [-0.05, 0) is 53.2 Å². The molecule has 0 atom stereocenters. The monoisotopic (exact) mass is 374 g/mol. The van der Waals surface area contributed by atoms with Crippen LogP contribution in [-0.4, -0.2) is 30.4 Å². The van der Waals surface area contributed by atoms with Crippen molar-refractivity contribution in [3.63, 3.8) is 0 Å². The molecule has 4 aromatic rings. The molecular formula is C22H18N2O4. The number of benzene rings is 3. The molecule has 0 aliphatic heterocycles. The van der Waals surface area contributed by atoms with Crippen molar-refractivity contribution >= 4 is 16.7 Å². The molecule has 0 radical (unpaired) electrons. The number of rotatable bonds is 5. The van der Waals surface area contributed by atoms with Gasteiger partial charge in [0.1, 0.15) is 17.2 Å². The molecule has 6 nitrogen and oxygen atoms in total. The molecule has 1 N–H and O–H groups in total. The molecule has 0 bridgehead atoms. The highest BCUT2D eigenvalue weighted by atomic mass is 16.5. The number of ether oxygens (including phenoxy) is 3. The zero-order chi connectivity index (χ0) is 19.5. The van der Waals surface area contributed by atoms with E-state index in [1.807, 2.05) is 30.3 Å². The Morgan fingerprint density at radius 2 is 1.61 bits per heavy atom. The first kappa shape index (κ1) is 17.6. The molecule has 0 spiro atoms. The maximum atomic E-state index is 11.5. The summed E-state index contributed by atoms with van der Waals surface area (Å²) < 4.78 is 15.9. The number of carbonyl (C=O) groups is 1. The van der Waals surface area contributed by atoms with Gasteiger partial charge in [-0.1, -0.05) is 18.2 Å². The Labute approximate surface area is 161 Å². The number of hydrogen-bond donors (Lipinski definition) is 1. The fourth-order valence-corrected chi connectivity index (χ4v) is 2.97. The summed E-state index contributed by atoms with van der Waals surface area (Å²) in [6.07, 6.45) is 1.70. The predicted molar refractivity (Wildman–Crippen MR) is 106 cm³/mol. The lowest BCUT2D eigenvalue weighted by Crippen LogP contribution is -2.00. The molecular weight excluding hydrogens is 356 g/mol. The van der Waals surface area contributed by atoms with Crippen LogP contribution in [0, 0.1) is 0 Å². The van der Waals surface area contributed by atoms with E-state index in [0.29, 0.717) is 22.8 Å². The average molecular weight is 374 g/mol. The van der Waals surface area contributed by atoms with E-state index < -0.39 is 0 Å². The van der Waals surface area contributed by atoms with Crippen LogP contribution in [0.4, 0.5) is 0 Å². The van der Waals surface area contributed by atoms with Gasteiger partial charge >= 0.3 is 5.97 Å². The van der Waals surface area contributed by atoms with Crippen LogP contribution in [0.2, 0.25) is 0 Å². The summed E-state index contributed by atoms with van der Waals surface area (Å²) in [6.45, 7) is 0. The zero-order valence-corrected chi connectivity index (χ0v) is 15.4. The van der Waals surface area contributed by atoms with Crippen LogP contribution in [0.3, 0.4) is 0 Å². The van der Waals surface area contributed by atoms with Gasteiger partial charge in [-0.2, -0.15) is 5.10 Å². The Kier molecular flexibility index (Phi) is 4.68. The Hall–Kier alpha value is -3.80. The first-order valence-electron chi connectivity index (χ1n) is 8.66. The number of H-pyrrole nitrogens is 1. The molecule has 6 heteroatoms. The average Bonchev–Trinajstić information content (AvgIpc) is 3.21. The largest absolute Gasteiger partial charge is 0.497 e. The Bertz CT molecular complexity index is 1130. The quantitative estimate of drug-likeness (QED) is 0.507. The third kappa shape index (κ3) is 3.40. The Balaban J connectivity index is 1.62. The lowest BCUT2D eigenvalue weighted by atomic mass is 10.0. The SMILES string of the molecule is COC(=O)c1ccc(Oc2c[nH]nc2-c2ccc3cc(OC)ccc3c2)cc1. The highest BCUT2D eigenvalue weighted by Crippen LogP contribution is 2.33. The van der Waals surface area contributed by atoms with Gasteiger partial charge in [0.15, 0.2) is 5.75 Å². The van der Waals surface area contributed by atoms with Crippen molar-refractivity contribution in [1.82, 2.24) is 10.2 Å². The van der Waals surface area contributed by atoms with E-state index >= 15 is 0 Å². The maximum absolute atomic E-state index is 11.5. The number of methoxy groups -OCH3 is 2. The molecule has 0 amide bonds. The molecule has 0 saturated carbocycles. The van der Waals surface area contributed by atoms with Gasteiger partial charge in [-0.25, -0.2) is 4.79 Å². The smallest absolute Gasteiger partial charge is 0.337 e. The molecule has 0 aliphatic carbocycles. The number of aromatic nitrogens is 2. The van der Waals surface area contributed by atoms with Gasteiger partial charge < -0.3 is 14.2 Å². The van der Waals surface area contributed by atoms with E-state index in [1.165, 1.54) is 7.11 Å². The van der Waals surface area contributed by atoms with Crippen molar-refractivity contribution in [3.05, 3.63) is 72.4 Å². The first-order valence-corrected chi connectivity index (χ1v) is 8.66. The van der Waals surface area contributed by atoms with Gasteiger partial charge in [0.25, 0.3) is 0 Å². The van der Waals surface area contributed by atoms with Crippen molar-refractivity contribution in [2.75, 3.05) is 14.2 Å². The van der Waals surface area contributed by atoms with Crippen molar-refractivity contribution in [2.24, 2.45) is 0 Å². The van der Waals surface area contributed by atoms with Gasteiger partial charge in [0.2, 0.25) is 0 Å². The van der Waals surface area contributed by atoms with E-state index in [2.05, 4.69) is 16.3 Å². The summed E-state index contributed by atoms with van der Waals surface area (Å²) in [4.78, 5) is 11.5. The zero-order valence-electron chi connectivity index (χ0n) is 15.4. The second kappa shape index (κ2) is 7.44. The molecule has 4 rings (SSSR count). The number of esters is 1. The number of nitrogens with zero attached hydrogens (tertiary/aromatic N) is 1. The van der Waals surface area contributed by atoms with Gasteiger partial charge in [-0.15, -0.1) is 0 Å². The topological polar surface area (TPSA) is 73.4 Å². The molecule has 1 heterocycles. The molecule has 3 aromatic carbocycles. The van der Waals surface area contributed by atoms with Crippen LogP contribution >= 0.6 is 0 Å². The van der Waals surface area contributed by atoms with Crippen LogP contribution in [0.5, 0.6) is 17.2 Å². The second-order valence-electron chi connectivity index (χ2n) is 6.14. The molecule has 1 aromatic heterocycles. The van der Waals surface area contributed by atoms with Crippen LogP contribution in [0.15, 0.2) is 66.9 Å². The van der Waals surface area contributed by atoms with Gasteiger partial charge in [0.05, 0.1) is 26.0 Å². The Morgan fingerprint density at radius 3 is 2.36 bits per heavy atom. The fourth-order valence-electron chi connectivity index (χ4n) is 2.97. The molecule has 0 saturated heterocycles. The number of fused-ring (bicyclic) bond motifs is 1. The van der Waals surface area contributed by atoms with Crippen molar-refractivity contribution < 1.29 is 19.0 Å². The van der Waals surface area contributed by atoms with E-state index in [4.69, 9.17) is 14.2 Å². The summed E-state index contributed by atoms with van der Waals surface area (Å²) >= 11 is 0.